The van der Waals surface area contributed by atoms with Crippen molar-refractivity contribution in [1.82, 2.24) is 0 Å². The van der Waals surface area contributed by atoms with Crippen molar-refractivity contribution in [2.75, 3.05) is 0 Å². The second-order valence-electron chi connectivity index (χ2n) is 4.05. The zero-order valence-corrected chi connectivity index (χ0v) is 9.04. The minimum absolute atomic E-state index is 0.0304. The SMILES string of the molecule is O=C1C=c2cc3cccc(F)c3cc2=C(F)C1=O. The lowest BCUT2D eigenvalue weighted by Crippen LogP contribution is -2.36. The van der Waals surface area contributed by atoms with Crippen LogP contribution in [0.15, 0.2) is 30.3 Å². The lowest BCUT2D eigenvalue weighted by atomic mass is 10.0. The van der Waals surface area contributed by atoms with Crippen LogP contribution in [0, 0.1) is 5.82 Å². The van der Waals surface area contributed by atoms with Gasteiger partial charge in [0.05, 0.1) is 0 Å². The van der Waals surface area contributed by atoms with Crippen molar-refractivity contribution in [1.29, 1.82) is 0 Å². The van der Waals surface area contributed by atoms with Crippen LogP contribution in [0.25, 0.3) is 22.7 Å². The van der Waals surface area contributed by atoms with E-state index in [1.807, 2.05) is 0 Å². The molecule has 0 saturated heterocycles. The molecule has 0 amide bonds. The average molecular weight is 244 g/mol. The van der Waals surface area contributed by atoms with Crippen LogP contribution in [0.2, 0.25) is 0 Å². The highest BCUT2D eigenvalue weighted by Gasteiger charge is 2.22. The Labute approximate surface area is 99.8 Å². The molecule has 0 bridgehead atoms. The van der Waals surface area contributed by atoms with E-state index in [2.05, 4.69) is 0 Å². The van der Waals surface area contributed by atoms with E-state index in [0.717, 1.165) is 6.08 Å². The van der Waals surface area contributed by atoms with Gasteiger partial charge in [-0.2, -0.15) is 0 Å². The zero-order chi connectivity index (χ0) is 12.9. The standard InChI is InChI=1S/C14H6F2O2/c15-11-3-1-2-7-4-8-5-12(17)14(18)13(16)10(8)6-9(7)11/h1-6H. The average Bonchev–Trinajstić information content (AvgIpc) is 2.35. The molecule has 0 spiro atoms. The van der Waals surface area contributed by atoms with Crippen molar-refractivity contribution >= 4 is 34.2 Å². The molecular weight excluding hydrogens is 238 g/mol. The molecule has 0 atom stereocenters. The summed E-state index contributed by atoms with van der Waals surface area (Å²) in [6.45, 7) is 0. The van der Waals surface area contributed by atoms with Crippen molar-refractivity contribution in [3.05, 3.63) is 46.6 Å². The van der Waals surface area contributed by atoms with E-state index in [-0.39, 0.29) is 10.6 Å². The number of hydrogen-bond donors (Lipinski definition) is 0. The third-order valence-corrected chi connectivity index (χ3v) is 2.94. The van der Waals surface area contributed by atoms with Crippen molar-refractivity contribution in [3.63, 3.8) is 0 Å². The molecule has 0 unspecified atom stereocenters. The lowest BCUT2D eigenvalue weighted by Gasteiger charge is -2.04. The summed E-state index contributed by atoms with van der Waals surface area (Å²) < 4.78 is 27.2. The Morgan fingerprint density at radius 1 is 1.00 bits per heavy atom. The summed E-state index contributed by atoms with van der Waals surface area (Å²) in [5, 5.41) is 1.05. The molecule has 2 aromatic rings. The zero-order valence-electron chi connectivity index (χ0n) is 9.04. The smallest absolute Gasteiger partial charge is 0.261 e. The summed E-state index contributed by atoms with van der Waals surface area (Å²) in [4.78, 5) is 22.5. The molecule has 88 valence electrons. The van der Waals surface area contributed by atoms with E-state index in [0.29, 0.717) is 10.6 Å². The Balaban J connectivity index is 2.57. The second kappa shape index (κ2) is 3.57. The van der Waals surface area contributed by atoms with Gasteiger partial charge in [0.25, 0.3) is 5.78 Å². The van der Waals surface area contributed by atoms with Gasteiger partial charge in [0.1, 0.15) is 5.82 Å². The molecular formula is C14H6F2O2. The fraction of sp³-hybridized carbons (Fsp3) is 0. The molecule has 0 aliphatic heterocycles. The summed E-state index contributed by atoms with van der Waals surface area (Å²) in [7, 11) is 0. The fourth-order valence-corrected chi connectivity index (χ4v) is 2.05. The number of carbonyl (C=O) groups excluding carboxylic acids is 2. The number of ketones is 2. The predicted molar refractivity (Wildman–Crippen MR) is 62.2 cm³/mol. The number of halogens is 2. The lowest BCUT2D eigenvalue weighted by molar-refractivity contribution is -0.130. The number of carbonyl (C=O) groups is 2. The van der Waals surface area contributed by atoms with Gasteiger partial charge >= 0.3 is 0 Å². The maximum Gasteiger partial charge on any atom is 0.261 e. The van der Waals surface area contributed by atoms with Gasteiger partial charge in [-0.1, -0.05) is 12.1 Å². The normalized spacial score (nSPS) is 14.7. The van der Waals surface area contributed by atoms with E-state index in [1.54, 1.807) is 6.07 Å². The van der Waals surface area contributed by atoms with Gasteiger partial charge in [-0.25, -0.2) is 8.78 Å². The van der Waals surface area contributed by atoms with E-state index < -0.39 is 23.2 Å². The summed E-state index contributed by atoms with van der Waals surface area (Å²) in [6, 6.07) is 7.20. The Hall–Kier alpha value is -2.36. The van der Waals surface area contributed by atoms with Crippen molar-refractivity contribution in [2.24, 2.45) is 0 Å². The first-order chi connectivity index (χ1) is 8.58. The van der Waals surface area contributed by atoms with Gasteiger partial charge in [0.2, 0.25) is 5.78 Å². The molecule has 2 nitrogen and oxygen atoms in total. The Bertz CT molecular complexity index is 835. The van der Waals surface area contributed by atoms with Gasteiger partial charge in [0, 0.05) is 10.6 Å². The number of fused-ring (bicyclic) bond motifs is 2. The quantitative estimate of drug-likeness (QED) is 0.648. The molecule has 0 N–H and O–H groups in total. The van der Waals surface area contributed by atoms with Gasteiger partial charge in [-0.3, -0.25) is 9.59 Å². The van der Waals surface area contributed by atoms with Crippen LogP contribution < -0.4 is 10.4 Å². The highest BCUT2D eigenvalue weighted by molar-refractivity contribution is 6.59. The van der Waals surface area contributed by atoms with E-state index in [9.17, 15) is 18.4 Å². The third-order valence-electron chi connectivity index (χ3n) is 2.94. The first-order valence-corrected chi connectivity index (χ1v) is 5.26. The summed E-state index contributed by atoms with van der Waals surface area (Å²) in [6.07, 6.45) is 1.07. The highest BCUT2D eigenvalue weighted by Crippen LogP contribution is 2.15. The van der Waals surface area contributed by atoms with Crippen LogP contribution in [0.4, 0.5) is 8.78 Å². The molecule has 1 aliphatic carbocycles. The number of Topliss-reactive ketones (excluding diaryl/α,β-unsaturated/α-hetero) is 2. The van der Waals surface area contributed by atoms with Crippen LogP contribution in [-0.4, -0.2) is 11.6 Å². The topological polar surface area (TPSA) is 34.1 Å². The minimum Gasteiger partial charge on any atom is -0.285 e. The highest BCUT2D eigenvalue weighted by atomic mass is 19.1. The van der Waals surface area contributed by atoms with Crippen LogP contribution in [-0.2, 0) is 9.59 Å². The predicted octanol–water partition coefficient (Wildman–Crippen LogP) is 0.989. The van der Waals surface area contributed by atoms with Gasteiger partial charge in [-0.15, -0.1) is 0 Å². The maximum absolute atomic E-state index is 13.7. The molecule has 3 rings (SSSR count). The van der Waals surface area contributed by atoms with Gasteiger partial charge in [0.15, 0.2) is 5.83 Å². The molecule has 0 radical (unpaired) electrons. The Morgan fingerprint density at radius 2 is 1.78 bits per heavy atom. The van der Waals surface area contributed by atoms with E-state index in [4.69, 9.17) is 0 Å². The molecule has 0 aromatic heterocycles. The Kier molecular flexibility index (Phi) is 2.13. The third kappa shape index (κ3) is 1.39. The van der Waals surface area contributed by atoms with Crippen LogP contribution >= 0.6 is 0 Å². The summed E-state index contributed by atoms with van der Waals surface area (Å²) in [5.41, 5.74) is 0. The number of rotatable bonds is 0. The maximum atomic E-state index is 13.7. The molecule has 1 aliphatic rings. The van der Waals surface area contributed by atoms with E-state index >= 15 is 0 Å². The second-order valence-corrected chi connectivity index (χ2v) is 4.05. The van der Waals surface area contributed by atoms with Gasteiger partial charge < -0.3 is 0 Å². The van der Waals surface area contributed by atoms with Crippen LogP contribution in [0.1, 0.15) is 0 Å². The molecule has 0 saturated carbocycles. The molecule has 4 heteroatoms. The molecule has 0 heterocycles. The minimum atomic E-state index is -1.18. The monoisotopic (exact) mass is 244 g/mol. The Morgan fingerprint density at radius 3 is 2.56 bits per heavy atom. The summed E-state index contributed by atoms with van der Waals surface area (Å²) >= 11 is 0. The van der Waals surface area contributed by atoms with Gasteiger partial charge in [-0.05, 0) is 34.9 Å². The number of benzene rings is 2. The van der Waals surface area contributed by atoms with Crippen molar-refractivity contribution in [2.45, 2.75) is 0 Å². The van der Waals surface area contributed by atoms with E-state index in [1.165, 1.54) is 24.3 Å². The molecule has 18 heavy (non-hydrogen) atoms. The fourth-order valence-electron chi connectivity index (χ4n) is 2.05. The summed E-state index contributed by atoms with van der Waals surface area (Å²) in [5.74, 6) is -3.69. The molecule has 0 fully saturated rings. The van der Waals surface area contributed by atoms with Crippen molar-refractivity contribution < 1.29 is 18.4 Å². The molecule has 2 aromatic carbocycles. The first kappa shape index (κ1) is 10.8. The first-order valence-electron chi connectivity index (χ1n) is 5.26. The number of hydrogen-bond acceptors (Lipinski definition) is 2. The largest absolute Gasteiger partial charge is 0.285 e. The van der Waals surface area contributed by atoms with Crippen LogP contribution in [0.5, 0.6) is 0 Å². The van der Waals surface area contributed by atoms with Crippen LogP contribution in [0.3, 0.4) is 0 Å². The van der Waals surface area contributed by atoms with Crippen molar-refractivity contribution in [3.8, 4) is 0 Å².